The Morgan fingerprint density at radius 3 is 2.60 bits per heavy atom. The summed E-state index contributed by atoms with van der Waals surface area (Å²) in [6, 6.07) is 11.6. The number of hydrogen-bond donors (Lipinski definition) is 1. The van der Waals surface area contributed by atoms with E-state index in [-0.39, 0.29) is 5.75 Å². The highest BCUT2D eigenvalue weighted by molar-refractivity contribution is 5.74. The number of hydrogen-bond acceptors (Lipinski definition) is 3. The number of aromatic nitrogens is 3. The van der Waals surface area contributed by atoms with Crippen LogP contribution in [-0.2, 0) is 6.42 Å². The topological polar surface area (TPSA) is 50.9 Å². The molecule has 0 bridgehead atoms. The van der Waals surface area contributed by atoms with E-state index >= 15 is 0 Å². The molecule has 0 atom stereocenters. The second-order valence-electron chi connectivity index (χ2n) is 5.05. The molecule has 3 rings (SSSR count). The summed E-state index contributed by atoms with van der Waals surface area (Å²) in [4.78, 5) is 1.50. The van der Waals surface area contributed by atoms with Gasteiger partial charge in [0, 0.05) is 0 Å². The second-order valence-corrected chi connectivity index (χ2v) is 5.05. The maximum Gasteiger partial charge on any atom is 0.143 e. The van der Waals surface area contributed by atoms with Gasteiger partial charge >= 0.3 is 0 Å². The van der Waals surface area contributed by atoms with E-state index in [1.165, 1.54) is 10.4 Å². The summed E-state index contributed by atoms with van der Waals surface area (Å²) in [6.45, 7) is 4.10. The van der Waals surface area contributed by atoms with Crippen molar-refractivity contribution in [3.8, 4) is 11.4 Å². The minimum absolute atomic E-state index is 0.194. The molecule has 1 aromatic heterocycles. The van der Waals surface area contributed by atoms with E-state index in [9.17, 15) is 5.11 Å². The number of phenols is 1. The molecule has 1 N–H and O–H groups in total. The van der Waals surface area contributed by atoms with Crippen molar-refractivity contribution in [2.24, 2.45) is 0 Å². The maximum absolute atomic E-state index is 10.0. The van der Waals surface area contributed by atoms with Crippen LogP contribution in [-0.4, -0.2) is 20.1 Å². The van der Waals surface area contributed by atoms with Crippen molar-refractivity contribution >= 4 is 11.0 Å². The molecule has 20 heavy (non-hydrogen) atoms. The molecule has 2 aromatic carbocycles. The molecule has 0 spiro atoms. The Morgan fingerprint density at radius 2 is 1.85 bits per heavy atom. The summed E-state index contributed by atoms with van der Waals surface area (Å²) < 4.78 is 0. The van der Waals surface area contributed by atoms with E-state index in [0.29, 0.717) is 5.69 Å². The van der Waals surface area contributed by atoms with Gasteiger partial charge in [-0.15, -0.1) is 15.0 Å². The Labute approximate surface area is 117 Å². The normalized spacial score (nSPS) is 11.1. The molecule has 0 saturated carbocycles. The van der Waals surface area contributed by atoms with E-state index in [1.54, 1.807) is 6.07 Å². The number of aryl methyl sites for hydroxylation is 2. The first kappa shape index (κ1) is 12.7. The van der Waals surface area contributed by atoms with Gasteiger partial charge in [-0.1, -0.05) is 25.5 Å². The summed E-state index contributed by atoms with van der Waals surface area (Å²) in [5.41, 5.74) is 4.57. The van der Waals surface area contributed by atoms with Gasteiger partial charge in [-0.25, -0.2) is 0 Å². The van der Waals surface area contributed by atoms with Crippen LogP contribution in [0.1, 0.15) is 24.5 Å². The number of phenolic OH excluding ortho intramolecular Hbond substituents is 1. The molecule has 0 aliphatic carbocycles. The highest BCUT2D eigenvalue weighted by Crippen LogP contribution is 2.23. The van der Waals surface area contributed by atoms with Crippen LogP contribution >= 0.6 is 0 Å². The van der Waals surface area contributed by atoms with Crippen LogP contribution in [0.15, 0.2) is 36.4 Å². The Morgan fingerprint density at radius 1 is 1.05 bits per heavy atom. The first-order valence-corrected chi connectivity index (χ1v) is 6.83. The zero-order chi connectivity index (χ0) is 14.1. The van der Waals surface area contributed by atoms with Crippen LogP contribution in [0.2, 0.25) is 0 Å². The van der Waals surface area contributed by atoms with Crippen molar-refractivity contribution in [1.82, 2.24) is 15.0 Å². The van der Waals surface area contributed by atoms with Crippen LogP contribution in [0.3, 0.4) is 0 Å². The van der Waals surface area contributed by atoms with Crippen LogP contribution < -0.4 is 0 Å². The van der Waals surface area contributed by atoms with Gasteiger partial charge in [0.2, 0.25) is 0 Å². The summed E-state index contributed by atoms with van der Waals surface area (Å²) in [5, 5.41) is 18.9. The predicted octanol–water partition coefficient (Wildman–Crippen LogP) is 3.39. The molecule has 102 valence electrons. The highest BCUT2D eigenvalue weighted by Gasteiger charge is 2.09. The van der Waals surface area contributed by atoms with E-state index in [4.69, 9.17) is 0 Å². The van der Waals surface area contributed by atoms with Crippen molar-refractivity contribution in [2.45, 2.75) is 26.7 Å². The van der Waals surface area contributed by atoms with E-state index in [0.717, 1.165) is 29.4 Å². The highest BCUT2D eigenvalue weighted by atomic mass is 16.3. The second kappa shape index (κ2) is 4.96. The van der Waals surface area contributed by atoms with E-state index < -0.39 is 0 Å². The first-order valence-electron chi connectivity index (χ1n) is 6.83. The summed E-state index contributed by atoms with van der Waals surface area (Å²) in [6.07, 6.45) is 2.15. The van der Waals surface area contributed by atoms with Crippen LogP contribution in [0.25, 0.3) is 16.7 Å². The molecule has 0 aliphatic heterocycles. The average Bonchev–Trinajstić information content (AvgIpc) is 2.81. The molecule has 3 aromatic rings. The largest absolute Gasteiger partial charge is 0.506 e. The fourth-order valence-electron chi connectivity index (χ4n) is 2.31. The molecule has 0 amide bonds. The van der Waals surface area contributed by atoms with Crippen molar-refractivity contribution in [2.75, 3.05) is 0 Å². The van der Waals surface area contributed by atoms with Crippen molar-refractivity contribution in [3.63, 3.8) is 0 Å². The van der Waals surface area contributed by atoms with Crippen molar-refractivity contribution in [1.29, 1.82) is 0 Å². The third-order valence-electron chi connectivity index (χ3n) is 3.33. The molecular weight excluding hydrogens is 250 g/mol. The molecule has 0 aliphatic rings. The third kappa shape index (κ3) is 2.25. The Kier molecular flexibility index (Phi) is 3.14. The lowest BCUT2D eigenvalue weighted by atomic mass is 10.1. The number of nitrogens with zero attached hydrogens (tertiary/aromatic N) is 3. The fraction of sp³-hybridized carbons (Fsp3) is 0.250. The van der Waals surface area contributed by atoms with Crippen molar-refractivity contribution < 1.29 is 5.11 Å². The zero-order valence-electron chi connectivity index (χ0n) is 11.7. The fourth-order valence-corrected chi connectivity index (χ4v) is 2.31. The zero-order valence-corrected chi connectivity index (χ0v) is 11.7. The molecule has 0 radical (unpaired) electrons. The van der Waals surface area contributed by atoms with Crippen LogP contribution in [0.5, 0.6) is 5.75 Å². The van der Waals surface area contributed by atoms with Crippen molar-refractivity contribution in [3.05, 3.63) is 47.5 Å². The number of rotatable bonds is 3. The molecule has 1 heterocycles. The van der Waals surface area contributed by atoms with Gasteiger partial charge in [-0.05, 0) is 48.7 Å². The molecule has 4 heteroatoms. The van der Waals surface area contributed by atoms with Gasteiger partial charge in [0.05, 0.1) is 0 Å². The predicted molar refractivity (Wildman–Crippen MR) is 79.3 cm³/mol. The Bertz CT molecular complexity index is 762. The van der Waals surface area contributed by atoms with Gasteiger partial charge in [-0.3, -0.25) is 0 Å². The summed E-state index contributed by atoms with van der Waals surface area (Å²) >= 11 is 0. The molecular formula is C16H17N3O. The average molecular weight is 267 g/mol. The Balaban J connectivity index is 2.08. The lowest BCUT2D eigenvalue weighted by Gasteiger charge is -2.03. The monoisotopic (exact) mass is 267 g/mol. The van der Waals surface area contributed by atoms with Crippen LogP contribution in [0.4, 0.5) is 0 Å². The lowest BCUT2D eigenvalue weighted by molar-refractivity contribution is 0.467. The maximum atomic E-state index is 10.0. The van der Waals surface area contributed by atoms with Gasteiger partial charge < -0.3 is 5.11 Å². The standard InChI is InChI=1S/C16H17N3O/c1-3-4-12-6-7-13-14(10-12)18-19(17-13)15-8-5-11(2)9-16(15)20/h5-10,20H,3-4H2,1-2H3. The van der Waals surface area contributed by atoms with E-state index in [2.05, 4.69) is 29.3 Å². The van der Waals surface area contributed by atoms with Gasteiger partial charge in [0.25, 0.3) is 0 Å². The number of benzene rings is 2. The molecule has 0 fully saturated rings. The minimum atomic E-state index is 0.194. The molecule has 4 nitrogen and oxygen atoms in total. The SMILES string of the molecule is CCCc1ccc2nn(-c3ccc(C)cc3O)nc2c1. The van der Waals surface area contributed by atoms with Gasteiger partial charge in [-0.2, -0.15) is 0 Å². The third-order valence-corrected chi connectivity index (χ3v) is 3.33. The summed E-state index contributed by atoms with van der Waals surface area (Å²) in [7, 11) is 0. The van der Waals surface area contributed by atoms with Crippen LogP contribution in [0, 0.1) is 6.92 Å². The quantitative estimate of drug-likeness (QED) is 0.791. The van der Waals surface area contributed by atoms with Gasteiger partial charge in [0.15, 0.2) is 0 Å². The molecule has 0 saturated heterocycles. The number of fused-ring (bicyclic) bond motifs is 1. The van der Waals surface area contributed by atoms with E-state index in [1.807, 2.05) is 25.1 Å². The lowest BCUT2D eigenvalue weighted by Crippen LogP contribution is -1.98. The smallest absolute Gasteiger partial charge is 0.143 e. The van der Waals surface area contributed by atoms with Gasteiger partial charge in [0.1, 0.15) is 22.5 Å². The summed E-state index contributed by atoms with van der Waals surface area (Å²) in [5.74, 6) is 0.194. The Hall–Kier alpha value is -2.36. The number of aromatic hydroxyl groups is 1. The first-order chi connectivity index (χ1) is 9.67. The minimum Gasteiger partial charge on any atom is -0.506 e. The molecule has 0 unspecified atom stereocenters.